The Hall–Kier alpha value is -1.84. The van der Waals surface area contributed by atoms with Gasteiger partial charge in [-0.25, -0.2) is 4.98 Å². The first-order valence-electron chi connectivity index (χ1n) is 9.22. The van der Waals surface area contributed by atoms with Crippen molar-refractivity contribution in [3.05, 3.63) is 29.6 Å². The highest BCUT2D eigenvalue weighted by Crippen LogP contribution is 2.49. The number of nitrogens with one attached hydrogen (secondary N) is 1. The van der Waals surface area contributed by atoms with Crippen LogP contribution in [0.1, 0.15) is 43.7 Å². The molecule has 1 heterocycles. The molecule has 4 heteroatoms. The second kappa shape index (κ2) is 5.91. The van der Waals surface area contributed by atoms with E-state index in [1.165, 1.54) is 36.8 Å². The molecular weight excluding hydrogens is 298 g/mol. The third-order valence-corrected chi connectivity index (χ3v) is 6.37. The first-order chi connectivity index (χ1) is 11.5. The molecule has 2 aromatic rings. The Morgan fingerprint density at radius 1 is 1.29 bits per heavy atom. The summed E-state index contributed by atoms with van der Waals surface area (Å²) in [6.07, 6.45) is 7.24. The SMILES string of the molecule is Cc1cc2ncn(CC(=O)N[C@H](C)[C@@H]3C[C@@H]4CC[C@@H]3C4)c2cc1C. The van der Waals surface area contributed by atoms with Crippen molar-refractivity contribution >= 4 is 16.9 Å². The molecule has 1 aromatic heterocycles. The van der Waals surface area contributed by atoms with Gasteiger partial charge in [-0.05, 0) is 81.0 Å². The van der Waals surface area contributed by atoms with Crippen LogP contribution in [0.3, 0.4) is 0 Å². The minimum Gasteiger partial charge on any atom is -0.352 e. The van der Waals surface area contributed by atoms with Crippen LogP contribution in [0.5, 0.6) is 0 Å². The van der Waals surface area contributed by atoms with Gasteiger partial charge in [0.15, 0.2) is 0 Å². The molecule has 2 aliphatic rings. The second-order valence-electron chi connectivity index (χ2n) is 7.99. The van der Waals surface area contributed by atoms with Gasteiger partial charge in [-0.1, -0.05) is 6.42 Å². The van der Waals surface area contributed by atoms with E-state index in [4.69, 9.17) is 0 Å². The van der Waals surface area contributed by atoms with Gasteiger partial charge in [0.05, 0.1) is 17.4 Å². The first-order valence-corrected chi connectivity index (χ1v) is 9.22. The van der Waals surface area contributed by atoms with E-state index in [1.807, 2.05) is 4.57 Å². The summed E-state index contributed by atoms with van der Waals surface area (Å²) < 4.78 is 1.96. The average molecular weight is 325 g/mol. The number of imidazole rings is 1. The molecule has 4 rings (SSSR count). The zero-order chi connectivity index (χ0) is 16.8. The minimum atomic E-state index is 0.0998. The lowest BCUT2D eigenvalue weighted by Gasteiger charge is -2.28. The Bertz CT molecular complexity index is 779. The first kappa shape index (κ1) is 15.7. The number of nitrogens with zero attached hydrogens (tertiary/aromatic N) is 2. The monoisotopic (exact) mass is 325 g/mol. The fraction of sp³-hybridized carbons (Fsp3) is 0.600. The van der Waals surface area contributed by atoms with Gasteiger partial charge in [0, 0.05) is 6.04 Å². The summed E-state index contributed by atoms with van der Waals surface area (Å²) in [5.74, 6) is 2.54. The fourth-order valence-corrected chi connectivity index (χ4v) is 4.91. The average Bonchev–Trinajstić information content (AvgIpc) is 3.25. The van der Waals surface area contributed by atoms with Gasteiger partial charge >= 0.3 is 0 Å². The topological polar surface area (TPSA) is 46.9 Å². The van der Waals surface area contributed by atoms with Crippen LogP contribution in [0.2, 0.25) is 0 Å². The summed E-state index contributed by atoms with van der Waals surface area (Å²) in [5, 5.41) is 3.25. The van der Waals surface area contributed by atoms with Crippen molar-refractivity contribution in [2.75, 3.05) is 0 Å². The molecule has 1 amide bonds. The van der Waals surface area contributed by atoms with E-state index in [2.05, 4.69) is 43.2 Å². The number of carbonyl (C=O) groups is 1. The molecule has 24 heavy (non-hydrogen) atoms. The zero-order valence-electron chi connectivity index (χ0n) is 14.9. The van der Waals surface area contributed by atoms with Crippen LogP contribution in [0.25, 0.3) is 11.0 Å². The summed E-state index contributed by atoms with van der Waals surface area (Å²) in [4.78, 5) is 17.0. The van der Waals surface area contributed by atoms with E-state index in [1.54, 1.807) is 6.33 Å². The van der Waals surface area contributed by atoms with Crippen LogP contribution in [0, 0.1) is 31.6 Å². The van der Waals surface area contributed by atoms with Crippen LogP contribution < -0.4 is 5.32 Å². The summed E-state index contributed by atoms with van der Waals surface area (Å²) >= 11 is 0. The van der Waals surface area contributed by atoms with Crippen molar-refractivity contribution in [1.29, 1.82) is 0 Å². The molecule has 4 atom stereocenters. The van der Waals surface area contributed by atoms with Crippen molar-refractivity contribution in [2.24, 2.45) is 17.8 Å². The summed E-state index contributed by atoms with van der Waals surface area (Å²) in [5.41, 5.74) is 4.48. The molecule has 4 nitrogen and oxygen atoms in total. The van der Waals surface area contributed by atoms with E-state index in [-0.39, 0.29) is 11.9 Å². The van der Waals surface area contributed by atoms with E-state index in [9.17, 15) is 4.79 Å². The summed E-state index contributed by atoms with van der Waals surface area (Å²) in [6, 6.07) is 4.51. The second-order valence-corrected chi connectivity index (χ2v) is 7.99. The molecule has 0 radical (unpaired) electrons. The lowest BCUT2D eigenvalue weighted by Crippen LogP contribution is -2.41. The van der Waals surface area contributed by atoms with E-state index in [0.717, 1.165) is 22.9 Å². The molecule has 2 aliphatic carbocycles. The van der Waals surface area contributed by atoms with Crippen LogP contribution >= 0.6 is 0 Å². The van der Waals surface area contributed by atoms with Gasteiger partial charge in [0.2, 0.25) is 5.91 Å². The number of benzene rings is 1. The number of hydrogen-bond acceptors (Lipinski definition) is 2. The normalized spacial score (nSPS) is 26.9. The maximum absolute atomic E-state index is 12.5. The number of amides is 1. The van der Waals surface area contributed by atoms with Gasteiger partial charge in [-0.2, -0.15) is 0 Å². The third-order valence-electron chi connectivity index (χ3n) is 6.37. The highest BCUT2D eigenvalue weighted by Gasteiger charge is 2.42. The van der Waals surface area contributed by atoms with Gasteiger partial charge in [-0.3, -0.25) is 4.79 Å². The quantitative estimate of drug-likeness (QED) is 0.934. The number of hydrogen-bond donors (Lipinski definition) is 1. The smallest absolute Gasteiger partial charge is 0.240 e. The predicted molar refractivity (Wildman–Crippen MR) is 95.7 cm³/mol. The minimum absolute atomic E-state index is 0.0998. The van der Waals surface area contributed by atoms with Gasteiger partial charge in [-0.15, -0.1) is 0 Å². The number of rotatable bonds is 4. The molecule has 2 saturated carbocycles. The van der Waals surface area contributed by atoms with Crippen molar-refractivity contribution in [3.63, 3.8) is 0 Å². The Kier molecular flexibility index (Phi) is 3.86. The summed E-state index contributed by atoms with van der Waals surface area (Å²) in [7, 11) is 0. The highest BCUT2D eigenvalue weighted by atomic mass is 16.2. The van der Waals surface area contributed by atoms with E-state index >= 15 is 0 Å². The van der Waals surface area contributed by atoms with Crippen molar-refractivity contribution in [3.8, 4) is 0 Å². The number of carbonyl (C=O) groups excluding carboxylic acids is 1. The number of fused-ring (bicyclic) bond motifs is 3. The Morgan fingerprint density at radius 2 is 2.08 bits per heavy atom. The Balaban J connectivity index is 1.43. The number of aryl methyl sites for hydroxylation is 2. The Morgan fingerprint density at radius 3 is 2.79 bits per heavy atom. The molecule has 1 aromatic carbocycles. The lowest BCUT2D eigenvalue weighted by atomic mass is 9.84. The van der Waals surface area contributed by atoms with Crippen molar-refractivity contribution in [2.45, 2.75) is 59.0 Å². The maximum atomic E-state index is 12.5. The highest BCUT2D eigenvalue weighted by molar-refractivity contribution is 5.81. The molecule has 2 bridgehead atoms. The molecule has 0 saturated heterocycles. The van der Waals surface area contributed by atoms with Crippen molar-refractivity contribution < 1.29 is 4.79 Å². The zero-order valence-corrected chi connectivity index (χ0v) is 14.9. The van der Waals surface area contributed by atoms with Crippen LogP contribution in [0.15, 0.2) is 18.5 Å². The molecule has 0 unspecified atom stereocenters. The summed E-state index contributed by atoms with van der Waals surface area (Å²) in [6.45, 7) is 6.73. The fourth-order valence-electron chi connectivity index (χ4n) is 4.91. The Labute approximate surface area is 143 Å². The maximum Gasteiger partial charge on any atom is 0.240 e. The molecular formula is C20H27N3O. The molecule has 128 valence electrons. The number of aromatic nitrogens is 2. The van der Waals surface area contributed by atoms with Crippen LogP contribution in [-0.2, 0) is 11.3 Å². The van der Waals surface area contributed by atoms with Gasteiger partial charge < -0.3 is 9.88 Å². The molecule has 0 aliphatic heterocycles. The lowest BCUT2D eigenvalue weighted by molar-refractivity contribution is -0.122. The van der Waals surface area contributed by atoms with E-state index < -0.39 is 0 Å². The standard InChI is InChI=1S/C20H27N3O/c1-12-6-18-19(7-13(12)2)23(11-21-18)10-20(24)22-14(3)17-9-15-4-5-16(17)8-15/h6-7,11,14-17H,4-5,8-10H2,1-3H3,(H,22,24)/t14-,15-,16-,17+/m1/s1. The van der Waals surface area contributed by atoms with Crippen molar-refractivity contribution in [1.82, 2.24) is 14.9 Å². The van der Waals surface area contributed by atoms with Crippen LogP contribution in [-0.4, -0.2) is 21.5 Å². The largest absolute Gasteiger partial charge is 0.352 e. The molecule has 2 fully saturated rings. The van der Waals surface area contributed by atoms with Gasteiger partial charge in [0.1, 0.15) is 6.54 Å². The van der Waals surface area contributed by atoms with Gasteiger partial charge in [0.25, 0.3) is 0 Å². The van der Waals surface area contributed by atoms with Crippen LogP contribution in [0.4, 0.5) is 0 Å². The van der Waals surface area contributed by atoms with E-state index in [0.29, 0.717) is 12.5 Å². The molecule has 1 N–H and O–H groups in total. The third kappa shape index (κ3) is 2.72. The predicted octanol–water partition coefficient (Wildman–Crippen LogP) is 3.59. The molecule has 0 spiro atoms.